The van der Waals surface area contributed by atoms with Gasteiger partial charge >= 0.3 is 5.97 Å². The number of benzene rings is 1. The second kappa shape index (κ2) is 8.48. The van der Waals surface area contributed by atoms with Crippen LogP contribution in [-0.2, 0) is 9.53 Å². The molecule has 0 bridgehead atoms. The van der Waals surface area contributed by atoms with E-state index < -0.39 is 11.5 Å². The maximum atomic E-state index is 12.1. The third-order valence-electron chi connectivity index (χ3n) is 3.16. The summed E-state index contributed by atoms with van der Waals surface area (Å²) in [4.78, 5) is 27.8. The molecule has 2 aromatic rings. The van der Waals surface area contributed by atoms with E-state index in [9.17, 15) is 9.59 Å². The van der Waals surface area contributed by atoms with Crippen LogP contribution in [0.4, 0.5) is 0 Å². The maximum absolute atomic E-state index is 12.1. The van der Waals surface area contributed by atoms with E-state index in [2.05, 4.69) is 10.3 Å². The summed E-state index contributed by atoms with van der Waals surface area (Å²) in [5.41, 5.74) is -0.239. The van der Waals surface area contributed by atoms with E-state index in [1.54, 1.807) is 50.2 Å². The van der Waals surface area contributed by atoms with Crippen LogP contribution >= 0.6 is 11.6 Å². The van der Waals surface area contributed by atoms with Gasteiger partial charge in [0.2, 0.25) is 0 Å². The van der Waals surface area contributed by atoms with Gasteiger partial charge < -0.3 is 14.8 Å². The molecular weight excluding hydrogens is 344 g/mol. The molecule has 1 N–H and O–H groups in total. The summed E-state index contributed by atoms with van der Waals surface area (Å²) in [6.07, 6.45) is 3.08. The molecule has 0 radical (unpaired) electrons. The lowest BCUT2D eigenvalue weighted by Gasteiger charge is -2.25. The van der Waals surface area contributed by atoms with Crippen LogP contribution in [0.25, 0.3) is 0 Å². The van der Waals surface area contributed by atoms with Gasteiger partial charge in [0.15, 0.2) is 6.61 Å². The lowest BCUT2D eigenvalue weighted by Crippen LogP contribution is -2.47. The lowest BCUT2D eigenvalue weighted by molar-refractivity contribution is -0.147. The summed E-state index contributed by atoms with van der Waals surface area (Å²) < 4.78 is 10.5. The van der Waals surface area contributed by atoms with Crippen molar-refractivity contribution in [3.05, 3.63) is 59.4 Å². The number of hydrogen-bond acceptors (Lipinski definition) is 5. The average molecular weight is 363 g/mol. The van der Waals surface area contributed by atoms with Crippen LogP contribution in [0.2, 0.25) is 5.02 Å². The monoisotopic (exact) mass is 362 g/mol. The molecule has 0 saturated carbocycles. The fourth-order valence-electron chi connectivity index (χ4n) is 1.89. The molecule has 0 atom stereocenters. The molecule has 1 heterocycles. The Bertz CT molecular complexity index is 718. The normalized spacial score (nSPS) is 10.8. The number of ether oxygens (including phenoxy) is 2. The number of aromatic nitrogens is 1. The van der Waals surface area contributed by atoms with Gasteiger partial charge in [0.25, 0.3) is 5.91 Å². The highest BCUT2D eigenvalue weighted by atomic mass is 35.5. The Morgan fingerprint density at radius 1 is 1.12 bits per heavy atom. The van der Waals surface area contributed by atoms with Crippen LogP contribution in [0.15, 0.2) is 48.8 Å². The molecule has 0 aliphatic heterocycles. The van der Waals surface area contributed by atoms with E-state index >= 15 is 0 Å². The number of esters is 1. The predicted octanol–water partition coefficient (Wildman–Crippen LogP) is 2.87. The van der Waals surface area contributed by atoms with E-state index in [4.69, 9.17) is 21.1 Å². The van der Waals surface area contributed by atoms with Gasteiger partial charge in [-0.1, -0.05) is 11.6 Å². The van der Waals surface area contributed by atoms with Crippen molar-refractivity contribution in [2.45, 2.75) is 19.4 Å². The second-order valence-corrected chi connectivity index (χ2v) is 6.41. The topological polar surface area (TPSA) is 77.5 Å². The number of nitrogens with zero attached hydrogens (tertiary/aromatic N) is 1. The van der Waals surface area contributed by atoms with Gasteiger partial charge in [-0.3, -0.25) is 9.78 Å². The maximum Gasteiger partial charge on any atom is 0.344 e. The van der Waals surface area contributed by atoms with Gasteiger partial charge in [0.05, 0.1) is 5.54 Å². The van der Waals surface area contributed by atoms with Gasteiger partial charge in [-0.15, -0.1) is 0 Å². The highest BCUT2D eigenvalue weighted by Gasteiger charge is 2.23. The van der Waals surface area contributed by atoms with Gasteiger partial charge in [-0.05, 0) is 50.2 Å². The van der Waals surface area contributed by atoms with E-state index in [1.807, 2.05) is 0 Å². The Hall–Kier alpha value is -2.60. The van der Waals surface area contributed by atoms with E-state index in [0.717, 1.165) is 0 Å². The number of halogens is 1. The van der Waals surface area contributed by atoms with Crippen LogP contribution in [0.3, 0.4) is 0 Å². The third-order valence-corrected chi connectivity index (χ3v) is 3.41. The minimum absolute atomic E-state index is 0.0205. The Kier molecular flexibility index (Phi) is 6.36. The lowest BCUT2D eigenvalue weighted by atomic mass is 10.1. The van der Waals surface area contributed by atoms with Crippen LogP contribution in [0.1, 0.15) is 24.2 Å². The number of rotatable bonds is 7. The first-order valence-electron chi connectivity index (χ1n) is 7.62. The number of pyridine rings is 1. The Labute approximate surface area is 151 Å². The van der Waals surface area contributed by atoms with Gasteiger partial charge in [0, 0.05) is 23.0 Å². The smallest absolute Gasteiger partial charge is 0.344 e. The molecule has 0 saturated heterocycles. The fourth-order valence-corrected chi connectivity index (χ4v) is 2.02. The summed E-state index contributed by atoms with van der Waals surface area (Å²) in [6, 6.07) is 9.87. The number of hydrogen-bond donors (Lipinski definition) is 1. The highest BCUT2D eigenvalue weighted by molar-refractivity contribution is 6.30. The van der Waals surface area contributed by atoms with E-state index in [-0.39, 0.29) is 19.1 Å². The van der Waals surface area contributed by atoms with Crippen LogP contribution in [-0.4, -0.2) is 35.6 Å². The molecule has 1 amide bonds. The van der Waals surface area contributed by atoms with E-state index in [1.165, 1.54) is 12.4 Å². The SMILES string of the molecule is CC(C)(COC(=O)COc1ccc(Cl)cc1)NC(=O)c1ccncc1. The Morgan fingerprint density at radius 3 is 2.40 bits per heavy atom. The molecular formula is C18H19ClN2O4. The second-order valence-electron chi connectivity index (χ2n) is 5.98. The molecule has 0 unspecified atom stereocenters. The van der Waals surface area contributed by atoms with Crippen molar-refractivity contribution in [2.75, 3.05) is 13.2 Å². The summed E-state index contributed by atoms with van der Waals surface area (Å²) in [7, 11) is 0. The molecule has 7 heteroatoms. The zero-order valence-corrected chi connectivity index (χ0v) is 14.7. The largest absolute Gasteiger partial charge is 0.482 e. The standard InChI is InChI=1S/C18H19ClN2O4/c1-18(2,21-17(23)13-7-9-20-10-8-13)12-25-16(22)11-24-15-5-3-14(19)4-6-15/h3-10H,11-12H2,1-2H3,(H,21,23). The molecule has 6 nitrogen and oxygen atoms in total. The summed E-state index contributed by atoms with van der Waals surface area (Å²) in [6.45, 7) is 3.32. The summed E-state index contributed by atoms with van der Waals surface area (Å²) >= 11 is 5.77. The van der Waals surface area contributed by atoms with E-state index in [0.29, 0.717) is 16.3 Å². The van der Waals surface area contributed by atoms with Crippen molar-refractivity contribution in [2.24, 2.45) is 0 Å². The predicted molar refractivity (Wildman–Crippen MR) is 93.7 cm³/mol. The van der Waals surface area contributed by atoms with Crippen LogP contribution < -0.4 is 10.1 Å². The molecule has 25 heavy (non-hydrogen) atoms. The highest BCUT2D eigenvalue weighted by Crippen LogP contribution is 2.15. The van der Waals surface area contributed by atoms with Gasteiger partial charge in [-0.2, -0.15) is 0 Å². The van der Waals surface area contributed by atoms with Crippen molar-refractivity contribution < 1.29 is 19.1 Å². The Morgan fingerprint density at radius 2 is 1.76 bits per heavy atom. The first-order chi connectivity index (χ1) is 11.9. The van der Waals surface area contributed by atoms with Crippen molar-refractivity contribution in [1.29, 1.82) is 0 Å². The van der Waals surface area contributed by atoms with Crippen molar-refractivity contribution in [3.8, 4) is 5.75 Å². The molecule has 0 aliphatic carbocycles. The first-order valence-corrected chi connectivity index (χ1v) is 8.00. The summed E-state index contributed by atoms with van der Waals surface area (Å²) in [5, 5.41) is 3.39. The average Bonchev–Trinajstić information content (AvgIpc) is 2.60. The first kappa shape index (κ1) is 18.7. The zero-order chi connectivity index (χ0) is 18.3. The molecule has 132 valence electrons. The number of carbonyl (C=O) groups is 2. The quantitative estimate of drug-likeness (QED) is 0.766. The number of carbonyl (C=O) groups excluding carboxylic acids is 2. The van der Waals surface area contributed by atoms with Gasteiger partial charge in [-0.25, -0.2) is 4.79 Å². The minimum atomic E-state index is -0.726. The molecule has 1 aromatic heterocycles. The Balaban J connectivity index is 1.77. The van der Waals surface area contributed by atoms with Crippen LogP contribution in [0.5, 0.6) is 5.75 Å². The molecule has 1 aromatic carbocycles. The van der Waals surface area contributed by atoms with Crippen molar-refractivity contribution >= 4 is 23.5 Å². The molecule has 0 aliphatic rings. The molecule has 2 rings (SSSR count). The van der Waals surface area contributed by atoms with Crippen LogP contribution in [0, 0.1) is 0 Å². The van der Waals surface area contributed by atoms with Crippen molar-refractivity contribution in [1.82, 2.24) is 10.3 Å². The fraction of sp³-hybridized carbons (Fsp3) is 0.278. The summed E-state index contributed by atoms with van der Waals surface area (Å²) in [5.74, 6) is -0.270. The molecule has 0 spiro atoms. The number of nitrogens with one attached hydrogen (secondary N) is 1. The minimum Gasteiger partial charge on any atom is -0.482 e. The van der Waals surface area contributed by atoms with Crippen molar-refractivity contribution in [3.63, 3.8) is 0 Å². The number of amides is 1. The molecule has 0 fully saturated rings. The third kappa shape index (κ3) is 6.43. The zero-order valence-electron chi connectivity index (χ0n) is 14.0. The van der Waals surface area contributed by atoms with Gasteiger partial charge in [0.1, 0.15) is 12.4 Å².